The minimum absolute atomic E-state index is 0.167. The zero-order valence-electron chi connectivity index (χ0n) is 10.4. The number of nitro benzene ring substituents is 1. The lowest BCUT2D eigenvalue weighted by Gasteiger charge is -2.26. The van der Waals surface area contributed by atoms with Gasteiger partial charge >= 0.3 is 0 Å². The van der Waals surface area contributed by atoms with E-state index >= 15 is 0 Å². The molecule has 0 saturated carbocycles. The second-order valence-corrected chi connectivity index (χ2v) is 4.63. The van der Waals surface area contributed by atoms with Gasteiger partial charge in [0.1, 0.15) is 5.78 Å². The fourth-order valence-electron chi connectivity index (χ4n) is 2.24. The van der Waals surface area contributed by atoms with Crippen molar-refractivity contribution in [2.75, 3.05) is 13.1 Å². The molecule has 1 aliphatic rings. The summed E-state index contributed by atoms with van der Waals surface area (Å²) in [5, 5.41) is 10.9. The molecule has 1 fully saturated rings. The fraction of sp³-hybridized carbons (Fsp3) is 0.462. The standard InChI is InChI=1S/C13H16N2O3/c1-10-11(3-2-4-13(10)15(17)18)9-14-7-5-12(16)6-8-14/h2-4H,5-9H2,1H3. The normalized spacial score (nSPS) is 16.8. The summed E-state index contributed by atoms with van der Waals surface area (Å²) >= 11 is 0. The number of piperidine rings is 1. The molecule has 0 atom stereocenters. The monoisotopic (exact) mass is 248 g/mol. The number of hydrogen-bond acceptors (Lipinski definition) is 4. The molecule has 1 aromatic rings. The van der Waals surface area contributed by atoms with Gasteiger partial charge in [-0.2, -0.15) is 0 Å². The van der Waals surface area contributed by atoms with Crippen LogP contribution in [0.3, 0.4) is 0 Å². The molecule has 0 aromatic heterocycles. The third-order valence-electron chi connectivity index (χ3n) is 3.42. The van der Waals surface area contributed by atoms with Gasteiger partial charge in [-0.3, -0.25) is 19.8 Å². The first-order valence-electron chi connectivity index (χ1n) is 6.05. The highest BCUT2D eigenvalue weighted by Crippen LogP contribution is 2.23. The molecule has 2 rings (SSSR count). The van der Waals surface area contributed by atoms with Crippen LogP contribution in [0.25, 0.3) is 0 Å². The van der Waals surface area contributed by atoms with E-state index in [0.29, 0.717) is 25.2 Å². The Hall–Kier alpha value is -1.75. The van der Waals surface area contributed by atoms with Crippen molar-refractivity contribution in [3.8, 4) is 0 Å². The zero-order valence-corrected chi connectivity index (χ0v) is 10.4. The van der Waals surface area contributed by atoms with Crippen LogP contribution in [0.2, 0.25) is 0 Å². The predicted octanol–water partition coefficient (Wildman–Crippen LogP) is 2.07. The van der Waals surface area contributed by atoms with Crippen molar-refractivity contribution in [1.29, 1.82) is 0 Å². The van der Waals surface area contributed by atoms with Crippen molar-refractivity contribution in [3.05, 3.63) is 39.4 Å². The summed E-state index contributed by atoms with van der Waals surface area (Å²) in [6.07, 6.45) is 1.18. The highest BCUT2D eigenvalue weighted by molar-refractivity contribution is 5.79. The molecule has 0 N–H and O–H groups in total. The number of Topliss-reactive ketones (excluding diaryl/α,β-unsaturated/α-hetero) is 1. The molecule has 1 aromatic carbocycles. The quantitative estimate of drug-likeness (QED) is 0.606. The number of benzene rings is 1. The van der Waals surface area contributed by atoms with E-state index in [9.17, 15) is 14.9 Å². The maximum atomic E-state index is 11.2. The molecular weight excluding hydrogens is 232 g/mol. The van der Waals surface area contributed by atoms with Gasteiger partial charge in [-0.05, 0) is 12.5 Å². The molecule has 96 valence electrons. The molecule has 1 heterocycles. The minimum Gasteiger partial charge on any atom is -0.300 e. The van der Waals surface area contributed by atoms with Crippen LogP contribution in [0.1, 0.15) is 24.0 Å². The van der Waals surface area contributed by atoms with Crippen molar-refractivity contribution in [3.63, 3.8) is 0 Å². The Balaban J connectivity index is 2.12. The van der Waals surface area contributed by atoms with E-state index in [1.54, 1.807) is 13.0 Å². The predicted molar refractivity (Wildman–Crippen MR) is 67.4 cm³/mol. The van der Waals surface area contributed by atoms with E-state index in [2.05, 4.69) is 4.90 Å². The molecule has 0 unspecified atom stereocenters. The van der Waals surface area contributed by atoms with E-state index in [1.807, 2.05) is 6.07 Å². The molecule has 1 saturated heterocycles. The third-order valence-corrected chi connectivity index (χ3v) is 3.42. The van der Waals surface area contributed by atoms with Crippen LogP contribution in [-0.4, -0.2) is 28.7 Å². The molecule has 5 heteroatoms. The summed E-state index contributed by atoms with van der Waals surface area (Å²) in [4.78, 5) is 23.8. The van der Waals surface area contributed by atoms with Crippen molar-refractivity contribution in [2.45, 2.75) is 26.3 Å². The van der Waals surface area contributed by atoms with Crippen LogP contribution in [0, 0.1) is 17.0 Å². The number of likely N-dealkylation sites (tertiary alicyclic amines) is 1. The van der Waals surface area contributed by atoms with E-state index in [1.165, 1.54) is 6.07 Å². The molecule has 0 radical (unpaired) electrons. The van der Waals surface area contributed by atoms with E-state index in [0.717, 1.165) is 24.2 Å². The Morgan fingerprint density at radius 1 is 1.33 bits per heavy atom. The number of nitro groups is 1. The van der Waals surface area contributed by atoms with E-state index < -0.39 is 0 Å². The van der Waals surface area contributed by atoms with Crippen LogP contribution in [0.4, 0.5) is 5.69 Å². The van der Waals surface area contributed by atoms with E-state index in [4.69, 9.17) is 0 Å². The zero-order chi connectivity index (χ0) is 13.1. The van der Waals surface area contributed by atoms with Gasteiger partial charge in [-0.25, -0.2) is 0 Å². The van der Waals surface area contributed by atoms with Crippen LogP contribution in [0.15, 0.2) is 18.2 Å². The average molecular weight is 248 g/mol. The Morgan fingerprint density at radius 2 is 2.00 bits per heavy atom. The summed E-state index contributed by atoms with van der Waals surface area (Å²) in [5.74, 6) is 0.307. The molecule has 1 aliphatic heterocycles. The Bertz CT molecular complexity index is 475. The average Bonchev–Trinajstić information content (AvgIpc) is 2.34. The molecule has 0 aliphatic carbocycles. The number of carbonyl (C=O) groups excluding carboxylic acids is 1. The van der Waals surface area contributed by atoms with Gasteiger partial charge in [0.15, 0.2) is 0 Å². The van der Waals surface area contributed by atoms with Crippen LogP contribution in [-0.2, 0) is 11.3 Å². The van der Waals surface area contributed by atoms with Crippen LogP contribution < -0.4 is 0 Å². The van der Waals surface area contributed by atoms with Gasteiger partial charge < -0.3 is 0 Å². The fourth-order valence-corrected chi connectivity index (χ4v) is 2.24. The third kappa shape index (κ3) is 2.73. The highest BCUT2D eigenvalue weighted by Gasteiger charge is 2.19. The summed E-state index contributed by atoms with van der Waals surface area (Å²) in [7, 11) is 0. The largest absolute Gasteiger partial charge is 0.300 e. The van der Waals surface area contributed by atoms with Gasteiger partial charge in [0.25, 0.3) is 5.69 Å². The molecule has 0 spiro atoms. The number of nitrogens with zero attached hydrogens (tertiary/aromatic N) is 2. The number of ketones is 1. The lowest BCUT2D eigenvalue weighted by atomic mass is 10.0. The molecule has 0 bridgehead atoms. The van der Waals surface area contributed by atoms with Crippen LogP contribution >= 0.6 is 0 Å². The van der Waals surface area contributed by atoms with Gasteiger partial charge in [0.2, 0.25) is 0 Å². The first-order valence-corrected chi connectivity index (χ1v) is 6.05. The number of hydrogen-bond donors (Lipinski definition) is 0. The van der Waals surface area contributed by atoms with Gasteiger partial charge in [-0.1, -0.05) is 12.1 Å². The second-order valence-electron chi connectivity index (χ2n) is 4.63. The molecular formula is C13H16N2O3. The Kier molecular flexibility index (Phi) is 3.72. The van der Waals surface area contributed by atoms with Gasteiger partial charge in [-0.15, -0.1) is 0 Å². The Morgan fingerprint density at radius 3 is 2.61 bits per heavy atom. The molecule has 0 amide bonds. The first kappa shape index (κ1) is 12.7. The summed E-state index contributed by atoms with van der Waals surface area (Å²) < 4.78 is 0. The second kappa shape index (κ2) is 5.27. The lowest BCUT2D eigenvalue weighted by molar-refractivity contribution is -0.385. The SMILES string of the molecule is Cc1c(CN2CCC(=O)CC2)cccc1[N+](=O)[O-]. The smallest absolute Gasteiger partial charge is 0.272 e. The number of carbonyl (C=O) groups is 1. The van der Waals surface area contributed by atoms with Crippen molar-refractivity contribution in [1.82, 2.24) is 4.90 Å². The molecule has 18 heavy (non-hydrogen) atoms. The van der Waals surface area contributed by atoms with Crippen molar-refractivity contribution < 1.29 is 9.72 Å². The van der Waals surface area contributed by atoms with Crippen molar-refractivity contribution in [2.24, 2.45) is 0 Å². The molecule has 5 nitrogen and oxygen atoms in total. The van der Waals surface area contributed by atoms with Crippen LogP contribution in [0.5, 0.6) is 0 Å². The van der Waals surface area contributed by atoms with Crippen molar-refractivity contribution >= 4 is 11.5 Å². The highest BCUT2D eigenvalue weighted by atomic mass is 16.6. The van der Waals surface area contributed by atoms with E-state index in [-0.39, 0.29) is 10.6 Å². The van der Waals surface area contributed by atoms with Gasteiger partial charge in [0.05, 0.1) is 4.92 Å². The number of rotatable bonds is 3. The first-order chi connectivity index (χ1) is 8.58. The summed E-state index contributed by atoms with van der Waals surface area (Å²) in [6, 6.07) is 5.16. The maximum absolute atomic E-state index is 11.2. The summed E-state index contributed by atoms with van der Waals surface area (Å²) in [5.41, 5.74) is 1.86. The summed E-state index contributed by atoms with van der Waals surface area (Å²) in [6.45, 7) is 3.96. The maximum Gasteiger partial charge on any atom is 0.272 e. The van der Waals surface area contributed by atoms with Gasteiger partial charge in [0, 0.05) is 44.1 Å². The topological polar surface area (TPSA) is 63.5 Å². The Labute approximate surface area is 106 Å². The lowest BCUT2D eigenvalue weighted by Crippen LogP contribution is -2.33. The minimum atomic E-state index is -0.349.